The number of ether oxygens (including phenoxy) is 1. The molecular formula is C18H26N2O4S. The zero-order chi connectivity index (χ0) is 17.9. The first kappa shape index (κ1) is 18.2. The molecule has 3 rings (SSSR count). The average Bonchev–Trinajstić information content (AvgIpc) is 3.23. The summed E-state index contributed by atoms with van der Waals surface area (Å²) in [4.78, 5) is 14.9. The molecule has 7 heteroatoms. The molecule has 0 spiro atoms. The standard InChI is InChI=1S/C18H26N2O4S/c1-24-16-6-4-14(5-7-16)17(12-20-9-2-3-10-20)19-18(21)15-8-11-25(22,23)13-15/h4-7,15,17H,2-3,8-13H2,1H3,(H,19,21). The van der Waals surface area contributed by atoms with Crippen LogP contribution in [0.15, 0.2) is 24.3 Å². The number of rotatable bonds is 6. The van der Waals surface area contributed by atoms with Gasteiger partial charge in [0.05, 0.1) is 30.6 Å². The van der Waals surface area contributed by atoms with E-state index in [9.17, 15) is 13.2 Å². The molecule has 0 bridgehead atoms. The van der Waals surface area contributed by atoms with Crippen LogP contribution in [0.1, 0.15) is 30.9 Å². The minimum Gasteiger partial charge on any atom is -0.497 e. The van der Waals surface area contributed by atoms with Gasteiger partial charge >= 0.3 is 0 Å². The second-order valence-electron chi connectivity index (χ2n) is 6.94. The Labute approximate surface area is 149 Å². The third-order valence-corrected chi connectivity index (χ3v) is 6.85. The van der Waals surface area contributed by atoms with Crippen molar-refractivity contribution in [3.63, 3.8) is 0 Å². The molecule has 2 unspecified atom stereocenters. The Kier molecular flexibility index (Phi) is 5.64. The fraction of sp³-hybridized carbons (Fsp3) is 0.611. The Morgan fingerprint density at radius 2 is 1.96 bits per heavy atom. The molecule has 0 aliphatic carbocycles. The van der Waals surface area contributed by atoms with Crippen molar-refractivity contribution in [1.29, 1.82) is 0 Å². The van der Waals surface area contributed by atoms with Crippen LogP contribution >= 0.6 is 0 Å². The molecule has 25 heavy (non-hydrogen) atoms. The van der Waals surface area contributed by atoms with Crippen LogP contribution in [0, 0.1) is 5.92 Å². The highest BCUT2D eigenvalue weighted by molar-refractivity contribution is 7.91. The molecule has 0 radical (unpaired) electrons. The molecule has 2 heterocycles. The van der Waals surface area contributed by atoms with E-state index in [0.717, 1.165) is 30.9 Å². The van der Waals surface area contributed by atoms with Gasteiger partial charge in [-0.15, -0.1) is 0 Å². The van der Waals surface area contributed by atoms with Crippen molar-refractivity contribution in [2.75, 3.05) is 38.2 Å². The van der Waals surface area contributed by atoms with Gasteiger partial charge in [0.25, 0.3) is 0 Å². The third-order valence-electron chi connectivity index (χ3n) is 5.08. The molecule has 0 saturated carbocycles. The maximum atomic E-state index is 12.6. The van der Waals surface area contributed by atoms with E-state index < -0.39 is 15.8 Å². The predicted molar refractivity (Wildman–Crippen MR) is 96.3 cm³/mol. The van der Waals surface area contributed by atoms with E-state index in [1.54, 1.807) is 7.11 Å². The molecule has 0 aromatic heterocycles. The number of carbonyl (C=O) groups is 1. The number of nitrogens with one attached hydrogen (secondary N) is 1. The largest absolute Gasteiger partial charge is 0.497 e. The topological polar surface area (TPSA) is 75.7 Å². The number of methoxy groups -OCH3 is 1. The van der Waals surface area contributed by atoms with Gasteiger partial charge in [-0.3, -0.25) is 4.79 Å². The molecule has 2 saturated heterocycles. The molecule has 1 aromatic carbocycles. The maximum absolute atomic E-state index is 12.6. The number of carbonyl (C=O) groups excluding carboxylic acids is 1. The van der Waals surface area contributed by atoms with Crippen molar-refractivity contribution in [3.05, 3.63) is 29.8 Å². The fourth-order valence-electron chi connectivity index (χ4n) is 3.59. The van der Waals surface area contributed by atoms with Gasteiger partial charge in [-0.25, -0.2) is 8.42 Å². The van der Waals surface area contributed by atoms with Gasteiger partial charge in [0.15, 0.2) is 9.84 Å². The maximum Gasteiger partial charge on any atom is 0.224 e. The number of hydrogen-bond acceptors (Lipinski definition) is 5. The van der Waals surface area contributed by atoms with Gasteiger partial charge in [-0.1, -0.05) is 12.1 Å². The SMILES string of the molecule is COc1ccc(C(CN2CCCC2)NC(=O)C2CCS(=O)(=O)C2)cc1. The van der Waals surface area contributed by atoms with Crippen molar-refractivity contribution < 1.29 is 17.9 Å². The molecule has 2 aliphatic rings. The first-order chi connectivity index (χ1) is 12.0. The summed E-state index contributed by atoms with van der Waals surface area (Å²) in [6, 6.07) is 7.56. The Balaban J connectivity index is 1.71. The molecule has 2 fully saturated rings. The zero-order valence-corrected chi connectivity index (χ0v) is 15.4. The lowest BCUT2D eigenvalue weighted by atomic mass is 10.0. The fourth-order valence-corrected chi connectivity index (χ4v) is 5.33. The van der Waals surface area contributed by atoms with Gasteiger partial charge in [0.1, 0.15) is 5.75 Å². The summed E-state index contributed by atoms with van der Waals surface area (Å²) >= 11 is 0. The van der Waals surface area contributed by atoms with Crippen LogP contribution in [0.5, 0.6) is 5.75 Å². The van der Waals surface area contributed by atoms with Crippen LogP contribution in [0.25, 0.3) is 0 Å². The first-order valence-electron chi connectivity index (χ1n) is 8.84. The minimum absolute atomic E-state index is 0.0299. The Hall–Kier alpha value is -1.60. The van der Waals surface area contributed by atoms with Gasteiger partial charge in [0.2, 0.25) is 5.91 Å². The summed E-state index contributed by atoms with van der Waals surface area (Å²) < 4.78 is 28.5. The lowest BCUT2D eigenvalue weighted by Crippen LogP contribution is -2.40. The average molecular weight is 366 g/mol. The second kappa shape index (κ2) is 7.74. The van der Waals surface area contributed by atoms with Crippen LogP contribution in [-0.2, 0) is 14.6 Å². The predicted octanol–water partition coefficient (Wildman–Crippen LogP) is 1.38. The molecule has 1 aromatic rings. The Bertz CT molecular complexity index is 696. The van der Waals surface area contributed by atoms with Crippen LogP contribution < -0.4 is 10.1 Å². The first-order valence-corrected chi connectivity index (χ1v) is 10.7. The van der Waals surface area contributed by atoms with Crippen LogP contribution in [-0.4, -0.2) is 57.5 Å². The second-order valence-corrected chi connectivity index (χ2v) is 9.17. The van der Waals surface area contributed by atoms with E-state index in [0.29, 0.717) is 6.42 Å². The smallest absolute Gasteiger partial charge is 0.224 e. The third kappa shape index (κ3) is 4.73. The van der Waals surface area contributed by atoms with E-state index >= 15 is 0 Å². The lowest BCUT2D eigenvalue weighted by Gasteiger charge is -2.26. The van der Waals surface area contributed by atoms with Gasteiger partial charge in [-0.2, -0.15) is 0 Å². The van der Waals surface area contributed by atoms with Gasteiger partial charge < -0.3 is 15.0 Å². The van der Waals surface area contributed by atoms with Crippen LogP contribution in [0.2, 0.25) is 0 Å². The van der Waals surface area contributed by atoms with Crippen molar-refractivity contribution >= 4 is 15.7 Å². The van der Waals surface area contributed by atoms with Crippen molar-refractivity contribution in [2.45, 2.75) is 25.3 Å². The van der Waals surface area contributed by atoms with E-state index in [1.165, 1.54) is 12.8 Å². The van der Waals surface area contributed by atoms with Crippen molar-refractivity contribution in [3.8, 4) is 5.75 Å². The number of amides is 1. The van der Waals surface area contributed by atoms with E-state index in [-0.39, 0.29) is 23.5 Å². The highest BCUT2D eigenvalue weighted by Gasteiger charge is 2.34. The number of benzene rings is 1. The highest BCUT2D eigenvalue weighted by atomic mass is 32.2. The van der Waals surface area contributed by atoms with E-state index in [4.69, 9.17) is 4.74 Å². The molecule has 6 nitrogen and oxygen atoms in total. The molecule has 2 aliphatic heterocycles. The molecule has 1 amide bonds. The van der Waals surface area contributed by atoms with Crippen molar-refractivity contribution in [1.82, 2.24) is 10.2 Å². The number of likely N-dealkylation sites (tertiary alicyclic amines) is 1. The number of hydrogen-bond donors (Lipinski definition) is 1. The van der Waals surface area contributed by atoms with Crippen molar-refractivity contribution in [2.24, 2.45) is 5.92 Å². The molecular weight excluding hydrogens is 340 g/mol. The summed E-state index contributed by atoms with van der Waals surface area (Å²) in [5.74, 6) is 0.282. The highest BCUT2D eigenvalue weighted by Crippen LogP contribution is 2.23. The zero-order valence-electron chi connectivity index (χ0n) is 14.6. The molecule has 138 valence electrons. The summed E-state index contributed by atoms with van der Waals surface area (Å²) in [5.41, 5.74) is 1.02. The van der Waals surface area contributed by atoms with Gasteiger partial charge in [0, 0.05) is 6.54 Å². The summed E-state index contributed by atoms with van der Waals surface area (Å²) in [6.07, 6.45) is 2.79. The number of nitrogens with zero attached hydrogens (tertiary/aromatic N) is 1. The Morgan fingerprint density at radius 3 is 2.52 bits per heavy atom. The summed E-state index contributed by atoms with van der Waals surface area (Å²) in [7, 11) is -1.44. The summed E-state index contributed by atoms with van der Waals surface area (Å²) in [6.45, 7) is 2.83. The van der Waals surface area contributed by atoms with Gasteiger partial charge in [-0.05, 0) is 50.0 Å². The van der Waals surface area contributed by atoms with Crippen LogP contribution in [0.4, 0.5) is 0 Å². The molecule has 2 atom stereocenters. The lowest BCUT2D eigenvalue weighted by molar-refractivity contribution is -0.125. The minimum atomic E-state index is -3.06. The monoisotopic (exact) mass is 366 g/mol. The normalized spacial score (nSPS) is 24.1. The number of sulfone groups is 1. The van der Waals surface area contributed by atoms with E-state index in [1.807, 2.05) is 24.3 Å². The van der Waals surface area contributed by atoms with Crippen LogP contribution in [0.3, 0.4) is 0 Å². The quantitative estimate of drug-likeness (QED) is 0.823. The molecule has 1 N–H and O–H groups in total. The Morgan fingerprint density at radius 1 is 1.28 bits per heavy atom. The summed E-state index contributed by atoms with van der Waals surface area (Å²) in [5, 5.41) is 3.09. The van der Waals surface area contributed by atoms with E-state index in [2.05, 4.69) is 10.2 Å².